The van der Waals surface area contributed by atoms with Crippen LogP contribution in [0.5, 0.6) is 5.75 Å². The summed E-state index contributed by atoms with van der Waals surface area (Å²) < 4.78 is 50.8. The van der Waals surface area contributed by atoms with E-state index in [0.717, 1.165) is 5.56 Å². The van der Waals surface area contributed by atoms with Gasteiger partial charge in [-0.1, -0.05) is 0 Å². The molecular formula is C23H20BrF3N6O3. The standard InChI is InChI=1S/C23H20BrF3N6O3/c1-3-31-12-14(10-29-31)6-17-9-19(22(26)27)30-32(17)20-5-4-16(25)8-18(20)13(2)36-21-7-15(24)11-28-23(21)33(34)35/h4-5,7-13,22H,3,6H2,1-2H3/t13-/m1/s1. The number of nitrogens with zero attached hydrogens (tertiary/aromatic N) is 6. The van der Waals surface area contributed by atoms with Crippen LogP contribution in [0.3, 0.4) is 0 Å². The quantitative estimate of drug-likeness (QED) is 0.183. The Bertz CT molecular complexity index is 1410. The SMILES string of the molecule is CCn1cc(Cc2cc(C(F)F)nn2-c2ccc(F)cc2[C@@H](C)Oc2cc(Br)cnc2[N+](=O)[O-])cn1. The number of hydrogen-bond acceptors (Lipinski definition) is 6. The number of aromatic nitrogens is 5. The molecule has 36 heavy (non-hydrogen) atoms. The third kappa shape index (κ3) is 5.40. The van der Waals surface area contributed by atoms with Crippen LogP contribution in [-0.2, 0) is 13.0 Å². The van der Waals surface area contributed by atoms with E-state index in [1.807, 2.05) is 6.92 Å². The third-order valence-electron chi connectivity index (χ3n) is 5.35. The highest BCUT2D eigenvalue weighted by Gasteiger charge is 2.25. The lowest BCUT2D eigenvalue weighted by Gasteiger charge is -2.19. The highest BCUT2D eigenvalue weighted by molar-refractivity contribution is 9.10. The Morgan fingerprint density at radius 3 is 2.67 bits per heavy atom. The van der Waals surface area contributed by atoms with E-state index in [1.54, 1.807) is 24.0 Å². The van der Waals surface area contributed by atoms with Gasteiger partial charge in [0.15, 0.2) is 6.20 Å². The van der Waals surface area contributed by atoms with E-state index < -0.39 is 34.8 Å². The molecule has 1 aromatic carbocycles. The van der Waals surface area contributed by atoms with Crippen molar-refractivity contribution in [2.24, 2.45) is 0 Å². The second kappa shape index (κ2) is 10.5. The average molecular weight is 565 g/mol. The number of nitro groups is 1. The van der Waals surface area contributed by atoms with Crippen LogP contribution in [0.2, 0.25) is 0 Å². The molecule has 0 amide bonds. The first-order valence-electron chi connectivity index (χ1n) is 10.8. The molecule has 3 heterocycles. The van der Waals surface area contributed by atoms with Crippen molar-refractivity contribution in [3.8, 4) is 11.4 Å². The lowest BCUT2D eigenvalue weighted by Crippen LogP contribution is -2.12. The Balaban J connectivity index is 1.77. The average Bonchev–Trinajstić information content (AvgIpc) is 3.46. The van der Waals surface area contributed by atoms with Crippen molar-refractivity contribution in [2.45, 2.75) is 39.3 Å². The number of rotatable bonds is 9. The summed E-state index contributed by atoms with van der Waals surface area (Å²) >= 11 is 3.20. The Labute approximate surface area is 211 Å². The fourth-order valence-corrected chi connectivity index (χ4v) is 4.01. The Hall–Kier alpha value is -3.74. The molecule has 1 atom stereocenters. The van der Waals surface area contributed by atoms with Gasteiger partial charge in [-0.25, -0.2) is 17.9 Å². The van der Waals surface area contributed by atoms with Crippen molar-refractivity contribution in [3.63, 3.8) is 0 Å². The third-order valence-corrected chi connectivity index (χ3v) is 5.79. The summed E-state index contributed by atoms with van der Waals surface area (Å²) in [6.45, 7) is 4.13. The number of benzene rings is 1. The predicted molar refractivity (Wildman–Crippen MR) is 127 cm³/mol. The number of hydrogen-bond donors (Lipinski definition) is 0. The maximum absolute atomic E-state index is 14.3. The maximum Gasteiger partial charge on any atom is 0.406 e. The summed E-state index contributed by atoms with van der Waals surface area (Å²) in [6.07, 6.45) is 1.19. The first-order chi connectivity index (χ1) is 17.2. The molecule has 0 spiro atoms. The molecule has 3 aromatic heterocycles. The zero-order chi connectivity index (χ0) is 26.0. The van der Waals surface area contributed by atoms with E-state index in [2.05, 4.69) is 31.1 Å². The van der Waals surface area contributed by atoms with Crippen LogP contribution in [-0.4, -0.2) is 29.5 Å². The first-order valence-corrected chi connectivity index (χ1v) is 11.6. The molecule has 0 aliphatic rings. The highest BCUT2D eigenvalue weighted by Crippen LogP contribution is 2.34. The molecule has 4 rings (SSSR count). The van der Waals surface area contributed by atoms with Gasteiger partial charge in [0.05, 0.1) is 16.4 Å². The summed E-state index contributed by atoms with van der Waals surface area (Å²) in [5.41, 5.74) is 1.31. The van der Waals surface area contributed by atoms with Gasteiger partial charge >= 0.3 is 5.82 Å². The van der Waals surface area contributed by atoms with Gasteiger partial charge in [0, 0.05) is 36.5 Å². The number of halogens is 4. The van der Waals surface area contributed by atoms with Crippen LogP contribution in [0.4, 0.5) is 19.0 Å². The predicted octanol–water partition coefficient (Wildman–Crippen LogP) is 5.96. The highest BCUT2D eigenvalue weighted by atomic mass is 79.9. The van der Waals surface area contributed by atoms with E-state index in [0.29, 0.717) is 22.4 Å². The molecule has 0 bridgehead atoms. The second-order valence-corrected chi connectivity index (χ2v) is 8.77. The van der Waals surface area contributed by atoms with Gasteiger partial charge in [-0.3, -0.25) is 4.68 Å². The van der Waals surface area contributed by atoms with Crippen LogP contribution in [0, 0.1) is 15.9 Å². The molecule has 9 nitrogen and oxygen atoms in total. The van der Waals surface area contributed by atoms with Gasteiger partial charge in [0.2, 0.25) is 5.75 Å². The van der Waals surface area contributed by atoms with Crippen molar-refractivity contribution < 1.29 is 22.8 Å². The fourth-order valence-electron chi connectivity index (χ4n) is 3.70. The molecule has 0 N–H and O–H groups in total. The summed E-state index contributed by atoms with van der Waals surface area (Å²) in [5, 5.41) is 19.7. The molecule has 0 unspecified atom stereocenters. The Morgan fingerprint density at radius 2 is 2.00 bits per heavy atom. The lowest BCUT2D eigenvalue weighted by molar-refractivity contribution is -0.390. The number of aryl methyl sites for hydroxylation is 1. The molecular weight excluding hydrogens is 545 g/mol. The molecule has 188 valence electrons. The minimum absolute atomic E-state index is 0.141. The second-order valence-electron chi connectivity index (χ2n) is 7.85. The number of pyridine rings is 1. The van der Waals surface area contributed by atoms with Gasteiger partial charge in [0.1, 0.15) is 17.6 Å². The maximum atomic E-state index is 14.3. The van der Waals surface area contributed by atoms with Gasteiger partial charge in [0.25, 0.3) is 6.43 Å². The topological polar surface area (TPSA) is 101 Å². The smallest absolute Gasteiger partial charge is 0.406 e. The Kier molecular flexibility index (Phi) is 7.38. The van der Waals surface area contributed by atoms with Crippen molar-refractivity contribution in [1.82, 2.24) is 24.5 Å². The zero-order valence-electron chi connectivity index (χ0n) is 19.1. The van der Waals surface area contributed by atoms with Crippen molar-refractivity contribution >= 4 is 21.7 Å². The summed E-state index contributed by atoms with van der Waals surface area (Å²) in [6, 6.07) is 6.42. The lowest BCUT2D eigenvalue weighted by atomic mass is 10.1. The molecule has 0 saturated heterocycles. The van der Waals surface area contributed by atoms with Crippen LogP contribution >= 0.6 is 15.9 Å². The van der Waals surface area contributed by atoms with E-state index >= 15 is 0 Å². The van der Waals surface area contributed by atoms with E-state index in [9.17, 15) is 23.3 Å². The number of ether oxygens (including phenoxy) is 1. The van der Waals surface area contributed by atoms with Gasteiger partial charge in [-0.05, 0) is 69.5 Å². The van der Waals surface area contributed by atoms with Crippen LogP contribution in [0.1, 0.15) is 48.9 Å². The van der Waals surface area contributed by atoms with Crippen LogP contribution < -0.4 is 4.74 Å². The molecule has 0 radical (unpaired) electrons. The fraction of sp³-hybridized carbons (Fsp3) is 0.261. The molecule has 0 saturated carbocycles. The number of alkyl halides is 2. The molecule has 0 aliphatic carbocycles. The normalized spacial score (nSPS) is 12.2. The minimum atomic E-state index is -2.82. The summed E-state index contributed by atoms with van der Waals surface area (Å²) in [5.74, 6) is -1.26. The van der Waals surface area contributed by atoms with Crippen molar-refractivity contribution in [2.75, 3.05) is 0 Å². The van der Waals surface area contributed by atoms with Gasteiger partial charge in [-0.2, -0.15) is 10.2 Å². The monoisotopic (exact) mass is 564 g/mol. The van der Waals surface area contributed by atoms with Gasteiger partial charge in [-0.15, -0.1) is 0 Å². The van der Waals surface area contributed by atoms with Crippen molar-refractivity contribution in [1.29, 1.82) is 0 Å². The van der Waals surface area contributed by atoms with E-state index in [1.165, 1.54) is 41.2 Å². The van der Waals surface area contributed by atoms with Gasteiger partial charge < -0.3 is 14.9 Å². The zero-order valence-corrected chi connectivity index (χ0v) is 20.7. The minimum Gasteiger partial charge on any atom is -0.478 e. The largest absolute Gasteiger partial charge is 0.478 e. The van der Waals surface area contributed by atoms with Crippen LogP contribution in [0.25, 0.3) is 5.69 Å². The molecule has 0 aliphatic heterocycles. The van der Waals surface area contributed by atoms with Crippen molar-refractivity contribution in [3.05, 3.63) is 91.8 Å². The van der Waals surface area contributed by atoms with E-state index in [4.69, 9.17) is 4.74 Å². The molecule has 13 heteroatoms. The van der Waals surface area contributed by atoms with E-state index in [-0.39, 0.29) is 17.7 Å². The summed E-state index contributed by atoms with van der Waals surface area (Å²) in [4.78, 5) is 14.5. The van der Waals surface area contributed by atoms with Crippen LogP contribution in [0.15, 0.2) is 53.4 Å². The molecule has 4 aromatic rings. The first kappa shape index (κ1) is 25.4. The summed E-state index contributed by atoms with van der Waals surface area (Å²) in [7, 11) is 0. The Morgan fingerprint density at radius 1 is 1.22 bits per heavy atom. The molecule has 0 fully saturated rings.